The number of fused-ring (bicyclic) bond motifs is 1. The molecular weight excluding hydrogens is 274 g/mol. The quantitative estimate of drug-likeness (QED) is 0.673. The van der Waals surface area contributed by atoms with Crippen LogP contribution in [0.5, 0.6) is 0 Å². The van der Waals surface area contributed by atoms with Crippen LogP contribution in [0.2, 0.25) is 0 Å². The molecule has 3 nitrogen and oxygen atoms in total. The summed E-state index contributed by atoms with van der Waals surface area (Å²) in [6.07, 6.45) is 7.52. The molecule has 0 fully saturated rings. The number of para-hydroxylation sites is 1. The largest absolute Gasteiger partial charge is 0.443 e. The Hall–Kier alpha value is -2.03. The van der Waals surface area contributed by atoms with Crippen LogP contribution in [0.4, 0.5) is 4.79 Å². The summed E-state index contributed by atoms with van der Waals surface area (Å²) in [5.74, 6) is 0.286. The van der Waals surface area contributed by atoms with Gasteiger partial charge in [0, 0.05) is 17.0 Å². The van der Waals surface area contributed by atoms with Gasteiger partial charge in [-0.25, -0.2) is 9.36 Å². The fourth-order valence-electron chi connectivity index (χ4n) is 3.02. The number of ether oxygens (including phenoxy) is 1. The molecule has 1 atom stereocenters. The fraction of sp³-hybridized carbons (Fsp3) is 0.421. The van der Waals surface area contributed by atoms with Crippen LogP contribution < -0.4 is 0 Å². The van der Waals surface area contributed by atoms with E-state index in [4.69, 9.17) is 4.74 Å². The van der Waals surface area contributed by atoms with E-state index in [0.717, 1.165) is 35.9 Å². The average molecular weight is 297 g/mol. The van der Waals surface area contributed by atoms with E-state index >= 15 is 0 Å². The zero-order valence-electron chi connectivity index (χ0n) is 13.5. The number of allylic oxidation sites excluding steroid dienone is 2. The van der Waals surface area contributed by atoms with E-state index in [1.165, 1.54) is 0 Å². The highest BCUT2D eigenvalue weighted by atomic mass is 16.6. The highest BCUT2D eigenvalue weighted by Gasteiger charge is 2.25. The number of aromatic nitrogens is 1. The Labute approximate surface area is 131 Å². The maximum atomic E-state index is 12.7. The molecule has 1 aliphatic carbocycles. The van der Waals surface area contributed by atoms with Crippen LogP contribution in [0.25, 0.3) is 10.9 Å². The van der Waals surface area contributed by atoms with Gasteiger partial charge in [0.25, 0.3) is 0 Å². The minimum Gasteiger partial charge on any atom is -0.443 e. The third-order valence-corrected chi connectivity index (χ3v) is 3.95. The van der Waals surface area contributed by atoms with Gasteiger partial charge in [0.1, 0.15) is 5.60 Å². The van der Waals surface area contributed by atoms with E-state index in [-0.39, 0.29) is 12.0 Å². The molecule has 0 saturated heterocycles. The zero-order valence-corrected chi connectivity index (χ0v) is 13.5. The van der Waals surface area contributed by atoms with Crippen molar-refractivity contribution in [3.05, 3.63) is 48.2 Å². The number of carbonyl (C=O) groups excluding carboxylic acids is 1. The lowest BCUT2D eigenvalue weighted by Crippen LogP contribution is -2.28. The molecule has 3 rings (SSSR count). The van der Waals surface area contributed by atoms with E-state index in [0.29, 0.717) is 0 Å². The van der Waals surface area contributed by atoms with Gasteiger partial charge >= 0.3 is 6.09 Å². The molecule has 2 aromatic rings. The van der Waals surface area contributed by atoms with E-state index in [1.54, 1.807) is 4.57 Å². The summed E-state index contributed by atoms with van der Waals surface area (Å²) < 4.78 is 7.37. The predicted molar refractivity (Wildman–Crippen MR) is 89.3 cm³/mol. The Morgan fingerprint density at radius 3 is 2.73 bits per heavy atom. The van der Waals surface area contributed by atoms with Gasteiger partial charge in [0.05, 0.1) is 5.52 Å². The van der Waals surface area contributed by atoms with E-state index in [9.17, 15) is 4.79 Å². The predicted octanol–water partition coefficient (Wildman–Crippen LogP) is 5.25. The third-order valence-electron chi connectivity index (χ3n) is 3.95. The Balaban J connectivity index is 2.10. The second-order valence-corrected chi connectivity index (χ2v) is 6.91. The van der Waals surface area contributed by atoms with Crippen molar-refractivity contribution in [2.24, 2.45) is 0 Å². The fourth-order valence-corrected chi connectivity index (χ4v) is 3.02. The van der Waals surface area contributed by atoms with Crippen LogP contribution in [0, 0.1) is 0 Å². The molecule has 1 unspecified atom stereocenters. The first-order valence-electron chi connectivity index (χ1n) is 7.96. The van der Waals surface area contributed by atoms with Crippen LogP contribution in [0.3, 0.4) is 0 Å². The van der Waals surface area contributed by atoms with Crippen molar-refractivity contribution < 1.29 is 9.53 Å². The Bertz CT molecular complexity index is 719. The van der Waals surface area contributed by atoms with Crippen molar-refractivity contribution >= 4 is 17.0 Å². The third kappa shape index (κ3) is 2.94. The minimum absolute atomic E-state index is 0.286. The molecule has 1 aromatic carbocycles. The number of carbonyl (C=O) groups is 1. The second-order valence-electron chi connectivity index (χ2n) is 6.91. The smallest absolute Gasteiger partial charge is 0.419 e. The van der Waals surface area contributed by atoms with Gasteiger partial charge in [-0.3, -0.25) is 0 Å². The molecule has 1 heterocycles. The summed E-state index contributed by atoms with van der Waals surface area (Å²) in [7, 11) is 0. The van der Waals surface area contributed by atoms with Gasteiger partial charge in [-0.15, -0.1) is 0 Å². The van der Waals surface area contributed by atoms with Crippen molar-refractivity contribution in [3.8, 4) is 0 Å². The summed E-state index contributed by atoms with van der Waals surface area (Å²) >= 11 is 0. The lowest BCUT2D eigenvalue weighted by atomic mass is 9.93. The molecular formula is C19H23NO2. The van der Waals surface area contributed by atoms with Crippen LogP contribution >= 0.6 is 0 Å². The molecule has 1 aliphatic rings. The Morgan fingerprint density at radius 1 is 1.27 bits per heavy atom. The van der Waals surface area contributed by atoms with Crippen molar-refractivity contribution in [1.29, 1.82) is 0 Å². The summed E-state index contributed by atoms with van der Waals surface area (Å²) in [6, 6.07) is 10.1. The first-order chi connectivity index (χ1) is 10.5. The molecule has 0 spiro atoms. The lowest BCUT2D eigenvalue weighted by Gasteiger charge is -2.23. The van der Waals surface area contributed by atoms with Gasteiger partial charge in [-0.05, 0) is 52.2 Å². The topological polar surface area (TPSA) is 31.2 Å². The van der Waals surface area contributed by atoms with Gasteiger partial charge in [-0.1, -0.05) is 30.4 Å². The molecule has 0 bridgehead atoms. The van der Waals surface area contributed by atoms with Gasteiger partial charge in [0.15, 0.2) is 0 Å². The lowest BCUT2D eigenvalue weighted by molar-refractivity contribution is 0.0539. The van der Waals surface area contributed by atoms with Crippen LogP contribution in [-0.2, 0) is 4.74 Å². The summed E-state index contributed by atoms with van der Waals surface area (Å²) in [6.45, 7) is 5.70. The highest BCUT2D eigenvalue weighted by Crippen LogP contribution is 2.32. The number of rotatable bonds is 1. The van der Waals surface area contributed by atoms with Crippen LogP contribution in [-0.4, -0.2) is 16.3 Å². The Kier molecular flexibility index (Phi) is 3.81. The average Bonchev–Trinajstić information content (AvgIpc) is 2.86. The first-order valence-corrected chi connectivity index (χ1v) is 7.96. The molecule has 1 aromatic heterocycles. The van der Waals surface area contributed by atoms with Crippen molar-refractivity contribution in [1.82, 2.24) is 4.57 Å². The molecule has 116 valence electrons. The standard InChI is InChI=1S/C19H23NO2/c1-19(2,3)22-18(21)20-16-12-8-7-11-15(16)13-17(20)14-9-5-4-6-10-14/h5,7-9,11-14H,4,6,10H2,1-3H3. The minimum atomic E-state index is -0.498. The molecule has 22 heavy (non-hydrogen) atoms. The number of benzene rings is 1. The monoisotopic (exact) mass is 297 g/mol. The summed E-state index contributed by atoms with van der Waals surface area (Å²) in [5.41, 5.74) is 1.46. The molecule has 0 saturated carbocycles. The van der Waals surface area contributed by atoms with Crippen LogP contribution in [0.1, 0.15) is 51.6 Å². The molecule has 0 amide bonds. The van der Waals surface area contributed by atoms with Crippen molar-refractivity contribution in [2.45, 2.75) is 51.6 Å². The second kappa shape index (κ2) is 5.64. The first kappa shape index (κ1) is 14.9. The summed E-state index contributed by atoms with van der Waals surface area (Å²) in [5, 5.41) is 1.09. The Morgan fingerprint density at radius 2 is 2.05 bits per heavy atom. The van der Waals surface area contributed by atoms with Crippen molar-refractivity contribution in [3.63, 3.8) is 0 Å². The van der Waals surface area contributed by atoms with Gasteiger partial charge < -0.3 is 4.74 Å². The normalized spacial score (nSPS) is 18.6. The zero-order chi connectivity index (χ0) is 15.7. The van der Waals surface area contributed by atoms with E-state index < -0.39 is 5.60 Å². The number of hydrogen-bond donors (Lipinski definition) is 0. The molecule has 0 N–H and O–H groups in total. The molecule has 3 heteroatoms. The van der Waals surface area contributed by atoms with E-state index in [2.05, 4.69) is 18.2 Å². The van der Waals surface area contributed by atoms with Gasteiger partial charge in [-0.2, -0.15) is 0 Å². The SMILES string of the molecule is CC(C)(C)OC(=O)n1c(C2C=CCCC2)cc2ccccc21. The maximum absolute atomic E-state index is 12.7. The van der Waals surface area contributed by atoms with E-state index in [1.807, 2.05) is 45.0 Å². The highest BCUT2D eigenvalue weighted by molar-refractivity contribution is 5.91. The number of hydrogen-bond acceptors (Lipinski definition) is 2. The van der Waals surface area contributed by atoms with Crippen molar-refractivity contribution in [2.75, 3.05) is 0 Å². The number of nitrogens with zero attached hydrogens (tertiary/aromatic N) is 1. The molecule has 0 aliphatic heterocycles. The van der Waals surface area contributed by atoms with Crippen LogP contribution in [0.15, 0.2) is 42.5 Å². The van der Waals surface area contributed by atoms with Gasteiger partial charge in [0.2, 0.25) is 0 Å². The maximum Gasteiger partial charge on any atom is 0.419 e. The summed E-state index contributed by atoms with van der Waals surface area (Å²) in [4.78, 5) is 12.7. The molecule has 0 radical (unpaired) electrons.